The van der Waals surface area contributed by atoms with Crippen molar-refractivity contribution >= 4 is 40.0 Å². The first kappa shape index (κ1) is 24.6. The van der Waals surface area contributed by atoms with Crippen LogP contribution in [-0.4, -0.2) is 64.8 Å². The molecule has 0 amide bonds. The summed E-state index contributed by atoms with van der Waals surface area (Å²) in [6, 6.07) is 4.54. The van der Waals surface area contributed by atoms with Gasteiger partial charge in [0.2, 0.25) is 10.0 Å². The Balaban J connectivity index is 0.00000392. The number of guanidine groups is 1. The molecule has 12 heteroatoms. The Hall–Kier alpha value is -1.41. The molecule has 1 aromatic rings. The predicted octanol–water partition coefficient (Wildman–Crippen LogP) is 1.62. The van der Waals surface area contributed by atoms with Crippen LogP contribution in [0.15, 0.2) is 23.2 Å². The van der Waals surface area contributed by atoms with Crippen molar-refractivity contribution in [2.45, 2.75) is 19.6 Å². The zero-order valence-electron chi connectivity index (χ0n) is 15.7. The molecule has 0 bridgehead atoms. The standard InChI is InChI=1S/C16H24F2N4O4S.HI/c1-19-16(20-6-8-22-7-3-9-27(22,23)24)21-11-12-10-13(25-2)4-5-14(12)26-15(17)18;/h4-5,10,15H,3,6-9,11H2,1-2H3,(H2,19,20,21);1H. The Morgan fingerprint density at radius 2 is 2.11 bits per heavy atom. The minimum Gasteiger partial charge on any atom is -0.497 e. The molecular formula is C16H25F2IN4O4S. The van der Waals surface area contributed by atoms with E-state index in [-0.39, 0.29) is 42.0 Å². The summed E-state index contributed by atoms with van der Waals surface area (Å²) in [5.74, 6) is 1.15. The fourth-order valence-corrected chi connectivity index (χ4v) is 4.20. The molecule has 0 aliphatic carbocycles. The highest BCUT2D eigenvalue weighted by atomic mass is 127. The van der Waals surface area contributed by atoms with Crippen LogP contribution in [0.4, 0.5) is 8.78 Å². The van der Waals surface area contributed by atoms with Gasteiger partial charge < -0.3 is 20.1 Å². The normalized spacial score (nSPS) is 16.5. The highest BCUT2D eigenvalue weighted by molar-refractivity contribution is 14.0. The van der Waals surface area contributed by atoms with Gasteiger partial charge in [-0.15, -0.1) is 24.0 Å². The first-order valence-electron chi connectivity index (χ1n) is 8.40. The van der Waals surface area contributed by atoms with Gasteiger partial charge in [0, 0.05) is 38.8 Å². The lowest BCUT2D eigenvalue weighted by molar-refractivity contribution is -0.0505. The molecule has 0 spiro atoms. The summed E-state index contributed by atoms with van der Waals surface area (Å²) in [6.45, 7) is -1.54. The summed E-state index contributed by atoms with van der Waals surface area (Å²) >= 11 is 0. The maximum atomic E-state index is 12.6. The monoisotopic (exact) mass is 534 g/mol. The van der Waals surface area contributed by atoms with E-state index in [1.807, 2.05) is 0 Å². The number of sulfonamides is 1. The van der Waals surface area contributed by atoms with Gasteiger partial charge in [0.15, 0.2) is 5.96 Å². The zero-order chi connectivity index (χ0) is 19.9. The quantitative estimate of drug-likeness (QED) is 0.299. The van der Waals surface area contributed by atoms with E-state index in [1.165, 1.54) is 23.5 Å². The van der Waals surface area contributed by atoms with Gasteiger partial charge in [0.1, 0.15) is 11.5 Å². The van der Waals surface area contributed by atoms with Crippen molar-refractivity contribution in [2.24, 2.45) is 4.99 Å². The number of benzene rings is 1. The number of halogens is 3. The van der Waals surface area contributed by atoms with Crippen LogP contribution >= 0.6 is 24.0 Å². The average Bonchev–Trinajstić information content (AvgIpc) is 2.96. The fourth-order valence-electron chi connectivity index (χ4n) is 2.67. The molecule has 1 aliphatic heterocycles. The fraction of sp³-hybridized carbons (Fsp3) is 0.562. The van der Waals surface area contributed by atoms with E-state index in [0.717, 1.165) is 0 Å². The maximum Gasteiger partial charge on any atom is 0.387 e. The number of ether oxygens (including phenoxy) is 2. The van der Waals surface area contributed by atoms with Crippen molar-refractivity contribution in [3.05, 3.63) is 23.8 Å². The van der Waals surface area contributed by atoms with Crippen LogP contribution in [0.2, 0.25) is 0 Å². The highest BCUT2D eigenvalue weighted by Gasteiger charge is 2.27. The molecule has 0 atom stereocenters. The number of aliphatic imine (C=N–C) groups is 1. The number of rotatable bonds is 8. The molecule has 1 aliphatic rings. The molecule has 1 fully saturated rings. The lowest BCUT2D eigenvalue weighted by Gasteiger charge is -2.17. The van der Waals surface area contributed by atoms with Gasteiger partial charge in [0.25, 0.3) is 0 Å². The van der Waals surface area contributed by atoms with E-state index < -0.39 is 16.6 Å². The summed E-state index contributed by atoms with van der Waals surface area (Å²) in [6.07, 6.45) is 0.637. The summed E-state index contributed by atoms with van der Waals surface area (Å²) < 4.78 is 59.7. The van der Waals surface area contributed by atoms with E-state index in [1.54, 1.807) is 13.1 Å². The van der Waals surface area contributed by atoms with E-state index >= 15 is 0 Å². The lowest BCUT2D eigenvalue weighted by Crippen LogP contribution is -2.41. The third kappa shape index (κ3) is 7.20. The van der Waals surface area contributed by atoms with E-state index in [9.17, 15) is 17.2 Å². The number of nitrogens with zero attached hydrogens (tertiary/aromatic N) is 2. The Kier molecular flexibility index (Phi) is 10.2. The van der Waals surface area contributed by atoms with Gasteiger partial charge in [-0.05, 0) is 24.6 Å². The van der Waals surface area contributed by atoms with Crippen LogP contribution in [-0.2, 0) is 16.6 Å². The zero-order valence-corrected chi connectivity index (χ0v) is 18.8. The van der Waals surface area contributed by atoms with Crippen molar-refractivity contribution in [1.82, 2.24) is 14.9 Å². The molecule has 0 unspecified atom stereocenters. The van der Waals surface area contributed by atoms with Crippen LogP contribution in [0.25, 0.3) is 0 Å². The Labute approximate surface area is 180 Å². The molecular weight excluding hydrogens is 509 g/mol. The maximum absolute atomic E-state index is 12.6. The first-order valence-corrected chi connectivity index (χ1v) is 10.0. The van der Waals surface area contributed by atoms with Crippen molar-refractivity contribution in [2.75, 3.05) is 39.5 Å². The number of alkyl halides is 2. The smallest absolute Gasteiger partial charge is 0.387 e. The Morgan fingerprint density at radius 1 is 1.36 bits per heavy atom. The van der Waals surface area contributed by atoms with Gasteiger partial charge in [0.05, 0.1) is 12.9 Å². The van der Waals surface area contributed by atoms with Gasteiger partial charge in [-0.2, -0.15) is 8.78 Å². The van der Waals surface area contributed by atoms with Gasteiger partial charge in [-0.1, -0.05) is 0 Å². The van der Waals surface area contributed by atoms with Crippen LogP contribution < -0.4 is 20.1 Å². The number of hydrogen-bond donors (Lipinski definition) is 2. The molecule has 0 saturated carbocycles. The molecule has 2 N–H and O–H groups in total. The Morgan fingerprint density at radius 3 is 2.68 bits per heavy atom. The molecule has 8 nitrogen and oxygen atoms in total. The van der Waals surface area contributed by atoms with Crippen LogP contribution in [0, 0.1) is 0 Å². The summed E-state index contributed by atoms with van der Waals surface area (Å²) in [5, 5.41) is 5.99. The molecule has 2 rings (SSSR count). The predicted molar refractivity (Wildman–Crippen MR) is 113 cm³/mol. The number of methoxy groups -OCH3 is 1. The summed E-state index contributed by atoms with van der Waals surface area (Å²) in [7, 11) is -0.101. The van der Waals surface area contributed by atoms with E-state index in [4.69, 9.17) is 4.74 Å². The van der Waals surface area contributed by atoms with Gasteiger partial charge in [-0.3, -0.25) is 4.99 Å². The Bertz CT molecular complexity index is 765. The summed E-state index contributed by atoms with van der Waals surface area (Å²) in [4.78, 5) is 4.04. The van der Waals surface area contributed by atoms with Crippen molar-refractivity contribution in [1.29, 1.82) is 0 Å². The minimum atomic E-state index is -3.14. The van der Waals surface area contributed by atoms with Crippen LogP contribution in [0.5, 0.6) is 11.5 Å². The molecule has 1 heterocycles. The topological polar surface area (TPSA) is 92.3 Å². The van der Waals surface area contributed by atoms with Gasteiger partial charge in [-0.25, -0.2) is 12.7 Å². The van der Waals surface area contributed by atoms with Crippen molar-refractivity contribution in [3.63, 3.8) is 0 Å². The number of hydrogen-bond acceptors (Lipinski definition) is 5. The van der Waals surface area contributed by atoms with Crippen molar-refractivity contribution < 1.29 is 26.7 Å². The van der Waals surface area contributed by atoms with Crippen LogP contribution in [0.1, 0.15) is 12.0 Å². The molecule has 1 aromatic carbocycles. The molecule has 1 saturated heterocycles. The SMILES string of the molecule is CN=C(NCCN1CCCS1(=O)=O)NCc1cc(OC)ccc1OC(F)F.I. The number of nitrogens with one attached hydrogen (secondary N) is 2. The third-order valence-electron chi connectivity index (χ3n) is 4.01. The largest absolute Gasteiger partial charge is 0.497 e. The minimum absolute atomic E-state index is 0. The first-order chi connectivity index (χ1) is 12.9. The van der Waals surface area contributed by atoms with Crippen LogP contribution in [0.3, 0.4) is 0 Å². The van der Waals surface area contributed by atoms with Crippen molar-refractivity contribution in [3.8, 4) is 11.5 Å². The highest BCUT2D eigenvalue weighted by Crippen LogP contribution is 2.25. The molecule has 0 aromatic heterocycles. The lowest BCUT2D eigenvalue weighted by atomic mass is 10.2. The average molecular weight is 534 g/mol. The second-order valence-electron chi connectivity index (χ2n) is 5.77. The summed E-state index contributed by atoms with van der Waals surface area (Å²) in [5.41, 5.74) is 0.472. The van der Waals surface area contributed by atoms with E-state index in [2.05, 4.69) is 20.4 Å². The second-order valence-corrected chi connectivity index (χ2v) is 7.86. The molecule has 28 heavy (non-hydrogen) atoms. The third-order valence-corrected chi connectivity index (χ3v) is 5.97. The van der Waals surface area contributed by atoms with Gasteiger partial charge >= 0.3 is 6.61 Å². The molecule has 0 radical (unpaired) electrons. The molecule has 160 valence electrons. The second kappa shape index (κ2) is 11.6. The van der Waals surface area contributed by atoms with E-state index in [0.29, 0.717) is 43.3 Å².